The highest BCUT2D eigenvalue weighted by Gasteiger charge is 2.17. The van der Waals surface area contributed by atoms with Gasteiger partial charge in [-0.15, -0.1) is 0 Å². The van der Waals surface area contributed by atoms with Gasteiger partial charge >= 0.3 is 5.97 Å². The van der Waals surface area contributed by atoms with Gasteiger partial charge in [0.25, 0.3) is 0 Å². The summed E-state index contributed by atoms with van der Waals surface area (Å²) < 4.78 is 12.5. The molecule has 1 rings (SSSR count). The number of halogens is 1. The van der Waals surface area contributed by atoms with Gasteiger partial charge in [0.2, 0.25) is 0 Å². The van der Waals surface area contributed by atoms with Gasteiger partial charge in [0.15, 0.2) is 0 Å². The molecule has 11 heavy (non-hydrogen) atoms. The third kappa shape index (κ3) is 1.58. The number of carboxylic acids is 1. The first-order valence-corrected chi connectivity index (χ1v) is 3.16. The Morgan fingerprint density at radius 3 is 2.91 bits per heavy atom. The monoisotopic (exact) mass is 157 g/mol. The van der Waals surface area contributed by atoms with Crippen LogP contribution < -0.4 is 5.73 Å². The highest BCUT2D eigenvalue weighted by molar-refractivity contribution is 5.91. The number of allylic oxidation sites excluding steroid dienone is 2. The average Bonchev–Trinajstić information content (AvgIpc) is 1.94. The van der Waals surface area contributed by atoms with Gasteiger partial charge in [0.1, 0.15) is 6.17 Å². The molecule has 0 heterocycles. The van der Waals surface area contributed by atoms with Crippen molar-refractivity contribution in [3.63, 3.8) is 0 Å². The van der Waals surface area contributed by atoms with Crippen LogP contribution >= 0.6 is 0 Å². The van der Waals surface area contributed by atoms with Gasteiger partial charge in [-0.1, -0.05) is 6.08 Å². The third-order valence-corrected chi connectivity index (χ3v) is 1.45. The van der Waals surface area contributed by atoms with E-state index in [0.717, 1.165) is 6.08 Å². The minimum atomic E-state index is -1.21. The lowest BCUT2D eigenvalue weighted by Crippen LogP contribution is -2.16. The normalized spacial score (nSPS) is 23.9. The molecule has 0 fully saturated rings. The summed E-state index contributed by atoms with van der Waals surface area (Å²) in [5, 5.41) is 8.47. The van der Waals surface area contributed by atoms with E-state index in [4.69, 9.17) is 10.8 Å². The lowest BCUT2D eigenvalue weighted by molar-refractivity contribution is -0.132. The Morgan fingerprint density at radius 2 is 2.45 bits per heavy atom. The molecule has 0 aliphatic heterocycles. The van der Waals surface area contributed by atoms with E-state index in [1.54, 1.807) is 0 Å². The molecule has 0 aromatic rings. The second-order valence-corrected chi connectivity index (χ2v) is 2.30. The molecule has 1 aliphatic carbocycles. The van der Waals surface area contributed by atoms with Crippen LogP contribution in [0.2, 0.25) is 0 Å². The number of carbonyl (C=O) groups is 1. The van der Waals surface area contributed by atoms with Crippen molar-refractivity contribution < 1.29 is 14.3 Å². The Balaban J connectivity index is 2.90. The van der Waals surface area contributed by atoms with Gasteiger partial charge in [0.05, 0.1) is 5.57 Å². The Hall–Kier alpha value is -1.32. The molecule has 1 aliphatic rings. The van der Waals surface area contributed by atoms with Crippen LogP contribution in [-0.4, -0.2) is 17.2 Å². The number of hydrogen-bond donors (Lipinski definition) is 2. The summed E-state index contributed by atoms with van der Waals surface area (Å²) in [7, 11) is 0. The SMILES string of the molecule is NC1=CCC(F)C=C1C(=O)O. The summed E-state index contributed by atoms with van der Waals surface area (Å²) in [5.74, 6) is -1.18. The van der Waals surface area contributed by atoms with Crippen LogP contribution in [0.1, 0.15) is 6.42 Å². The van der Waals surface area contributed by atoms with Gasteiger partial charge in [-0.05, 0) is 6.08 Å². The predicted molar refractivity (Wildman–Crippen MR) is 37.5 cm³/mol. The Labute approximate surface area is 63.0 Å². The minimum absolute atomic E-state index is 0.135. The molecule has 1 unspecified atom stereocenters. The molecule has 0 saturated heterocycles. The number of carboxylic acid groups (broad SMARTS) is 1. The summed E-state index contributed by atoms with van der Waals surface area (Å²) in [6, 6.07) is 0. The third-order valence-electron chi connectivity index (χ3n) is 1.45. The molecule has 4 heteroatoms. The first-order valence-electron chi connectivity index (χ1n) is 3.16. The van der Waals surface area contributed by atoms with Gasteiger partial charge in [0, 0.05) is 12.1 Å². The lowest BCUT2D eigenvalue weighted by Gasteiger charge is -2.10. The molecule has 0 aromatic carbocycles. The quantitative estimate of drug-likeness (QED) is 0.585. The number of nitrogens with two attached hydrogens (primary N) is 1. The maximum atomic E-state index is 12.5. The summed E-state index contributed by atoms with van der Waals surface area (Å²) in [6.45, 7) is 0. The number of aliphatic carboxylic acids is 1. The van der Waals surface area contributed by atoms with Crippen LogP contribution in [0, 0.1) is 0 Å². The fourth-order valence-corrected chi connectivity index (χ4v) is 0.889. The standard InChI is InChI=1S/C7H8FNO2/c8-4-1-2-6(9)5(3-4)7(10)11/h2-4H,1,9H2,(H,10,11). The Kier molecular flexibility index (Phi) is 1.94. The zero-order chi connectivity index (χ0) is 8.43. The molecule has 3 N–H and O–H groups in total. The highest BCUT2D eigenvalue weighted by Crippen LogP contribution is 2.16. The van der Waals surface area contributed by atoms with Crippen molar-refractivity contribution in [1.29, 1.82) is 0 Å². The Morgan fingerprint density at radius 1 is 1.82 bits per heavy atom. The van der Waals surface area contributed by atoms with E-state index in [1.165, 1.54) is 6.08 Å². The molecule has 0 aromatic heterocycles. The van der Waals surface area contributed by atoms with Crippen LogP contribution in [0.3, 0.4) is 0 Å². The minimum Gasteiger partial charge on any atom is -0.478 e. The van der Waals surface area contributed by atoms with Crippen LogP contribution in [0.15, 0.2) is 23.4 Å². The lowest BCUT2D eigenvalue weighted by atomic mass is 10.0. The molecule has 0 radical (unpaired) electrons. The van der Waals surface area contributed by atoms with Crippen LogP contribution in [0.4, 0.5) is 4.39 Å². The van der Waals surface area contributed by atoms with Crippen molar-refractivity contribution in [3.8, 4) is 0 Å². The van der Waals surface area contributed by atoms with E-state index in [-0.39, 0.29) is 17.7 Å². The van der Waals surface area contributed by atoms with E-state index in [2.05, 4.69) is 0 Å². The van der Waals surface area contributed by atoms with Crippen LogP contribution in [0.25, 0.3) is 0 Å². The van der Waals surface area contributed by atoms with Gasteiger partial charge in [-0.3, -0.25) is 0 Å². The smallest absolute Gasteiger partial charge is 0.337 e. The van der Waals surface area contributed by atoms with Crippen molar-refractivity contribution in [2.45, 2.75) is 12.6 Å². The number of hydrogen-bond acceptors (Lipinski definition) is 2. The molecule has 1 atom stereocenters. The van der Waals surface area contributed by atoms with E-state index in [0.29, 0.717) is 0 Å². The summed E-state index contributed by atoms with van der Waals surface area (Å²) in [5.41, 5.74) is 5.30. The maximum absolute atomic E-state index is 12.5. The van der Waals surface area contributed by atoms with E-state index in [1.807, 2.05) is 0 Å². The topological polar surface area (TPSA) is 63.3 Å². The predicted octanol–water partition coefficient (Wildman–Crippen LogP) is 0.582. The van der Waals surface area contributed by atoms with E-state index >= 15 is 0 Å². The first-order chi connectivity index (χ1) is 5.11. The molecule has 3 nitrogen and oxygen atoms in total. The van der Waals surface area contributed by atoms with Gasteiger partial charge < -0.3 is 10.8 Å². The summed E-state index contributed by atoms with van der Waals surface area (Å²) in [4.78, 5) is 10.4. The van der Waals surface area contributed by atoms with Crippen molar-refractivity contribution in [1.82, 2.24) is 0 Å². The Bertz CT molecular complexity index is 245. The molecule has 0 spiro atoms. The second kappa shape index (κ2) is 2.74. The fraction of sp³-hybridized carbons (Fsp3) is 0.286. The number of alkyl halides is 1. The van der Waals surface area contributed by atoms with Crippen LogP contribution in [-0.2, 0) is 4.79 Å². The highest BCUT2D eigenvalue weighted by atomic mass is 19.1. The molecule has 0 amide bonds. The van der Waals surface area contributed by atoms with Crippen molar-refractivity contribution in [3.05, 3.63) is 23.4 Å². The largest absolute Gasteiger partial charge is 0.478 e. The molecular weight excluding hydrogens is 149 g/mol. The molecule has 0 saturated carbocycles. The van der Waals surface area contributed by atoms with E-state index < -0.39 is 12.1 Å². The first kappa shape index (κ1) is 7.78. The molecule has 60 valence electrons. The summed E-state index contributed by atoms with van der Waals surface area (Å²) >= 11 is 0. The van der Waals surface area contributed by atoms with E-state index in [9.17, 15) is 9.18 Å². The number of rotatable bonds is 1. The van der Waals surface area contributed by atoms with Gasteiger partial charge in [-0.2, -0.15) is 0 Å². The summed E-state index contributed by atoms with van der Waals surface area (Å²) in [6.07, 6.45) is 1.36. The zero-order valence-electron chi connectivity index (χ0n) is 5.75. The second-order valence-electron chi connectivity index (χ2n) is 2.30. The fourth-order valence-electron chi connectivity index (χ4n) is 0.889. The van der Waals surface area contributed by atoms with Crippen molar-refractivity contribution in [2.24, 2.45) is 5.73 Å². The average molecular weight is 157 g/mol. The van der Waals surface area contributed by atoms with Crippen molar-refractivity contribution >= 4 is 5.97 Å². The maximum Gasteiger partial charge on any atom is 0.337 e. The zero-order valence-corrected chi connectivity index (χ0v) is 5.75. The molecular formula is C7H8FNO2. The van der Waals surface area contributed by atoms with Gasteiger partial charge in [-0.25, -0.2) is 9.18 Å². The molecule has 0 bridgehead atoms. The van der Waals surface area contributed by atoms with Crippen LogP contribution in [0.5, 0.6) is 0 Å². The van der Waals surface area contributed by atoms with Crippen molar-refractivity contribution in [2.75, 3.05) is 0 Å².